The Morgan fingerprint density at radius 2 is 1.95 bits per heavy atom. The quantitative estimate of drug-likeness (QED) is 0.336. The van der Waals surface area contributed by atoms with E-state index in [0.29, 0.717) is 25.0 Å². The van der Waals surface area contributed by atoms with Crippen LogP contribution in [0.3, 0.4) is 0 Å². The molecule has 202 valence electrons. The predicted molar refractivity (Wildman–Crippen MR) is 139 cm³/mol. The minimum absolute atomic E-state index is 0.0425. The molecule has 0 saturated heterocycles. The van der Waals surface area contributed by atoms with E-state index in [1.807, 2.05) is 12.1 Å². The van der Waals surface area contributed by atoms with Gasteiger partial charge in [-0.25, -0.2) is 22.7 Å². The highest BCUT2D eigenvalue weighted by Crippen LogP contribution is 2.64. The number of ether oxygens (including phenoxy) is 2. The van der Waals surface area contributed by atoms with Gasteiger partial charge in [0, 0.05) is 24.7 Å². The van der Waals surface area contributed by atoms with Crippen LogP contribution in [0.15, 0.2) is 60.0 Å². The average Bonchev–Trinajstić information content (AvgIpc) is 3.18. The number of carbonyl (C=O) groups excluding carboxylic acids is 2. The van der Waals surface area contributed by atoms with Gasteiger partial charge in [0.15, 0.2) is 0 Å². The number of sulfonamides is 1. The number of nitrogens with two attached hydrogens (primary N) is 1. The Kier molecular flexibility index (Phi) is 6.51. The molecule has 0 amide bonds. The summed E-state index contributed by atoms with van der Waals surface area (Å²) in [5.74, 6) is -1.02. The molecule has 6 atom stereocenters. The van der Waals surface area contributed by atoms with E-state index in [2.05, 4.69) is 13.5 Å². The third-order valence-electron chi connectivity index (χ3n) is 8.92. The maximum absolute atomic E-state index is 16.1. The molecule has 0 aromatic heterocycles. The molecule has 2 aromatic carbocycles. The zero-order chi connectivity index (χ0) is 27.5. The zero-order valence-electron chi connectivity index (χ0n) is 21.5. The van der Waals surface area contributed by atoms with Crippen molar-refractivity contribution < 1.29 is 31.9 Å². The van der Waals surface area contributed by atoms with Crippen LogP contribution in [-0.4, -0.2) is 32.6 Å². The number of fused-ring (bicyclic) bond motifs is 5. The van der Waals surface area contributed by atoms with Gasteiger partial charge in [0.2, 0.25) is 10.0 Å². The molecular formula is C29H32FNO6S. The van der Waals surface area contributed by atoms with Crippen LogP contribution in [0.2, 0.25) is 0 Å². The van der Waals surface area contributed by atoms with Crippen molar-refractivity contribution in [3.8, 4) is 5.75 Å². The molecule has 38 heavy (non-hydrogen) atoms. The lowest BCUT2D eigenvalue weighted by Crippen LogP contribution is -2.54. The summed E-state index contributed by atoms with van der Waals surface area (Å²) in [5.41, 5.74) is 1.16. The summed E-state index contributed by atoms with van der Waals surface area (Å²) in [6, 6.07) is 10.9. The number of rotatable bonds is 5. The van der Waals surface area contributed by atoms with Crippen molar-refractivity contribution in [2.75, 3.05) is 0 Å². The largest absolute Gasteiger partial charge is 0.459 e. The molecule has 0 aliphatic heterocycles. The number of primary sulfonamides is 1. The van der Waals surface area contributed by atoms with Crippen molar-refractivity contribution in [2.24, 2.45) is 22.4 Å². The van der Waals surface area contributed by atoms with Crippen molar-refractivity contribution in [3.63, 3.8) is 0 Å². The Hall–Kier alpha value is -3.04. The monoisotopic (exact) mass is 541 g/mol. The van der Waals surface area contributed by atoms with Gasteiger partial charge in [0.05, 0.1) is 10.5 Å². The summed E-state index contributed by atoms with van der Waals surface area (Å²) >= 11 is 0. The first-order valence-corrected chi connectivity index (χ1v) is 14.3. The maximum atomic E-state index is 16.1. The molecule has 2 N–H and O–H groups in total. The number of carbonyl (C=O) groups is 2. The fourth-order valence-corrected chi connectivity index (χ4v) is 7.87. The average molecular weight is 542 g/mol. The van der Waals surface area contributed by atoms with E-state index in [4.69, 9.17) is 14.6 Å². The van der Waals surface area contributed by atoms with Gasteiger partial charge < -0.3 is 9.47 Å². The lowest BCUT2D eigenvalue weighted by atomic mass is 9.48. The van der Waals surface area contributed by atoms with Gasteiger partial charge >= 0.3 is 11.9 Å². The van der Waals surface area contributed by atoms with Gasteiger partial charge in [-0.2, -0.15) is 0 Å². The van der Waals surface area contributed by atoms with E-state index in [1.165, 1.54) is 31.2 Å². The number of esters is 2. The summed E-state index contributed by atoms with van der Waals surface area (Å²) in [7, 11) is -3.96. The predicted octanol–water partition coefficient (Wildman–Crippen LogP) is 4.63. The summed E-state index contributed by atoms with van der Waals surface area (Å²) in [6.45, 7) is 7.62. The van der Waals surface area contributed by atoms with Crippen LogP contribution in [-0.2, 0) is 31.4 Å². The molecule has 3 aliphatic carbocycles. The van der Waals surface area contributed by atoms with Crippen molar-refractivity contribution in [1.29, 1.82) is 0 Å². The maximum Gasteiger partial charge on any atom is 0.338 e. The Bertz CT molecular complexity index is 1420. The second-order valence-corrected chi connectivity index (χ2v) is 12.8. The number of allylic oxidation sites excluding steroid dienone is 1. The van der Waals surface area contributed by atoms with Gasteiger partial charge in [0.25, 0.3) is 0 Å². The summed E-state index contributed by atoms with van der Waals surface area (Å²) in [5, 5.41) is 5.20. The van der Waals surface area contributed by atoms with Crippen molar-refractivity contribution in [2.45, 2.75) is 68.5 Å². The first-order valence-electron chi connectivity index (χ1n) is 12.8. The van der Waals surface area contributed by atoms with Crippen LogP contribution >= 0.6 is 0 Å². The zero-order valence-corrected chi connectivity index (χ0v) is 22.3. The van der Waals surface area contributed by atoms with Crippen LogP contribution < -0.4 is 9.88 Å². The highest BCUT2D eigenvalue weighted by molar-refractivity contribution is 7.89. The number of alkyl halides is 1. The second kappa shape index (κ2) is 9.31. The van der Waals surface area contributed by atoms with E-state index < -0.39 is 39.7 Å². The Morgan fingerprint density at radius 1 is 1.18 bits per heavy atom. The third kappa shape index (κ3) is 4.45. The minimum Gasteiger partial charge on any atom is -0.459 e. The highest BCUT2D eigenvalue weighted by Gasteiger charge is 2.61. The molecule has 9 heteroatoms. The molecule has 0 spiro atoms. The first kappa shape index (κ1) is 26.6. The van der Waals surface area contributed by atoms with Crippen LogP contribution in [0.1, 0.15) is 61.0 Å². The van der Waals surface area contributed by atoms with E-state index in [9.17, 15) is 18.0 Å². The number of hydrogen-bond acceptors (Lipinski definition) is 6. The Labute approximate surface area is 222 Å². The Balaban J connectivity index is 1.41. The summed E-state index contributed by atoms with van der Waals surface area (Å²) in [4.78, 5) is 24.2. The molecule has 0 heterocycles. The molecule has 5 rings (SSSR count). The molecule has 3 aliphatic rings. The standard InChI is InChI=1S/C29H32FNO6S/c1-4-29-11-10-28(3)16-21(37-27(33)18-6-5-7-22(13-18)38(31,34)35)15-24(28)26(29)25(30)14-19-12-20(36-17(2)32)8-9-23(19)29/h4-9,12-13,21,24-26H,1,10-11,14-16H2,2-3H3,(H2,31,34,35)/t21-,24?,25-,26?,28-,29-/m1/s1. The van der Waals surface area contributed by atoms with Gasteiger partial charge in [-0.05, 0) is 78.5 Å². The number of hydrogen-bond donors (Lipinski definition) is 1. The topological polar surface area (TPSA) is 113 Å². The molecular weight excluding hydrogens is 509 g/mol. The fraction of sp³-hybridized carbons (Fsp3) is 0.448. The lowest BCUT2D eigenvalue weighted by Gasteiger charge is -2.56. The summed E-state index contributed by atoms with van der Waals surface area (Å²) in [6.07, 6.45) is 3.17. The molecule has 0 radical (unpaired) electrons. The van der Waals surface area contributed by atoms with E-state index in [0.717, 1.165) is 17.5 Å². The van der Waals surface area contributed by atoms with Crippen LogP contribution in [0.25, 0.3) is 0 Å². The van der Waals surface area contributed by atoms with E-state index >= 15 is 4.39 Å². The SMILES string of the molecule is C=C[C@]12CC[C@]3(C)C[C@H](OC(=O)c4cccc(S(N)(=O)=O)c4)CC3C1[C@H](F)Cc1cc(OC(C)=O)ccc12. The Morgan fingerprint density at radius 3 is 2.63 bits per heavy atom. The number of benzene rings is 2. The van der Waals surface area contributed by atoms with Gasteiger partial charge in [-0.1, -0.05) is 25.1 Å². The first-order chi connectivity index (χ1) is 17.9. The van der Waals surface area contributed by atoms with Gasteiger partial charge in [0.1, 0.15) is 18.0 Å². The molecule has 2 fully saturated rings. The van der Waals surface area contributed by atoms with Crippen molar-refractivity contribution >= 4 is 22.0 Å². The van der Waals surface area contributed by atoms with E-state index in [1.54, 1.807) is 12.1 Å². The molecule has 7 nitrogen and oxygen atoms in total. The fourth-order valence-electron chi connectivity index (χ4n) is 7.31. The smallest absolute Gasteiger partial charge is 0.338 e. The minimum atomic E-state index is -3.96. The van der Waals surface area contributed by atoms with Crippen LogP contribution in [0, 0.1) is 17.3 Å². The van der Waals surface area contributed by atoms with Crippen LogP contribution in [0.5, 0.6) is 5.75 Å². The van der Waals surface area contributed by atoms with Crippen LogP contribution in [0.4, 0.5) is 4.39 Å². The van der Waals surface area contributed by atoms with Gasteiger partial charge in [-0.3, -0.25) is 4.79 Å². The molecule has 2 aromatic rings. The second-order valence-electron chi connectivity index (χ2n) is 11.2. The molecule has 2 unspecified atom stereocenters. The molecule has 2 saturated carbocycles. The van der Waals surface area contributed by atoms with Crippen molar-refractivity contribution in [1.82, 2.24) is 0 Å². The van der Waals surface area contributed by atoms with Crippen molar-refractivity contribution in [3.05, 3.63) is 71.8 Å². The van der Waals surface area contributed by atoms with Gasteiger partial charge in [-0.15, -0.1) is 6.58 Å². The third-order valence-corrected chi connectivity index (χ3v) is 9.84. The number of halogens is 1. The lowest BCUT2D eigenvalue weighted by molar-refractivity contribution is -0.131. The molecule has 0 bridgehead atoms. The normalized spacial score (nSPS) is 31.9. The highest BCUT2D eigenvalue weighted by atomic mass is 32.2. The summed E-state index contributed by atoms with van der Waals surface area (Å²) < 4.78 is 50.6. The van der Waals surface area contributed by atoms with E-state index in [-0.39, 0.29) is 34.1 Å².